The van der Waals surface area contributed by atoms with Gasteiger partial charge >= 0.3 is 0 Å². The van der Waals surface area contributed by atoms with E-state index in [2.05, 4.69) is 0 Å². The van der Waals surface area contributed by atoms with E-state index < -0.39 is 0 Å². The molecular formula is C21H30O5. The first-order valence-corrected chi connectivity index (χ1v) is 9.15. The zero-order valence-electron chi connectivity index (χ0n) is 16.5. The van der Waals surface area contributed by atoms with Crippen molar-refractivity contribution < 1.29 is 24.9 Å². The van der Waals surface area contributed by atoms with Crippen molar-refractivity contribution in [3.63, 3.8) is 0 Å². The van der Waals surface area contributed by atoms with Gasteiger partial charge in [-0.2, -0.15) is 0 Å². The van der Waals surface area contributed by atoms with Crippen molar-refractivity contribution >= 4 is 5.78 Å². The van der Waals surface area contributed by atoms with Crippen LogP contribution in [0, 0.1) is 5.92 Å². The number of benzene rings is 1. The maximum Gasteiger partial charge on any atom is 0.173 e. The number of allylic oxidation sites excluding steroid dienone is 2. The van der Waals surface area contributed by atoms with Gasteiger partial charge in [-0.05, 0) is 40.5 Å². The molecule has 5 heteroatoms. The van der Waals surface area contributed by atoms with Crippen molar-refractivity contribution in [1.29, 1.82) is 0 Å². The predicted octanol–water partition coefficient (Wildman–Crippen LogP) is 4.26. The molecule has 1 aliphatic rings. The topological polar surface area (TPSA) is 90.3 Å². The van der Waals surface area contributed by atoms with Crippen molar-refractivity contribution in [2.24, 2.45) is 5.92 Å². The van der Waals surface area contributed by atoms with Crippen LogP contribution in [0.4, 0.5) is 0 Å². The van der Waals surface area contributed by atoms with E-state index in [9.17, 15) is 20.1 Å². The van der Waals surface area contributed by atoms with Gasteiger partial charge in [0.2, 0.25) is 0 Å². The third kappa shape index (κ3) is 3.88. The van der Waals surface area contributed by atoms with Crippen LogP contribution in [-0.2, 0) is 17.6 Å². The number of hydrogen-bond acceptors (Lipinski definition) is 5. The molecule has 0 unspecified atom stereocenters. The van der Waals surface area contributed by atoms with E-state index in [1.165, 1.54) is 0 Å². The average Bonchev–Trinajstić information content (AvgIpc) is 3.16. The van der Waals surface area contributed by atoms with Gasteiger partial charge in [0, 0.05) is 23.5 Å². The fourth-order valence-corrected chi connectivity index (χ4v) is 2.98. The molecule has 1 heterocycles. The molecule has 2 rings (SSSR count). The van der Waals surface area contributed by atoms with E-state index in [4.69, 9.17) is 4.74 Å². The molecular weight excluding hydrogens is 332 g/mol. The number of phenolic OH excluding ortho intramolecular Hbond substituents is 3. The van der Waals surface area contributed by atoms with Gasteiger partial charge in [0.05, 0.1) is 11.7 Å². The van der Waals surface area contributed by atoms with Gasteiger partial charge in [-0.3, -0.25) is 4.79 Å². The van der Waals surface area contributed by atoms with Crippen LogP contribution in [0.2, 0.25) is 0 Å². The molecule has 1 aliphatic heterocycles. The minimum atomic E-state index is -0.339. The number of carbonyl (C=O) groups excluding carboxylic acids is 1. The summed E-state index contributed by atoms with van der Waals surface area (Å²) in [6.07, 6.45) is 2.88. The van der Waals surface area contributed by atoms with Crippen LogP contribution in [0.5, 0.6) is 17.2 Å². The largest absolute Gasteiger partial charge is 0.507 e. The van der Waals surface area contributed by atoms with Crippen LogP contribution in [0.1, 0.15) is 69.4 Å². The highest BCUT2D eigenvalue weighted by Crippen LogP contribution is 2.47. The number of Topliss-reactive ketones (excluding diaryl/α,β-unsaturated/α-hetero) is 1. The molecule has 26 heavy (non-hydrogen) atoms. The van der Waals surface area contributed by atoms with E-state index >= 15 is 0 Å². The zero-order chi connectivity index (χ0) is 19.8. The lowest BCUT2D eigenvalue weighted by atomic mass is 9.88. The summed E-state index contributed by atoms with van der Waals surface area (Å²) in [5, 5.41) is 32.1. The fourth-order valence-electron chi connectivity index (χ4n) is 2.98. The lowest BCUT2D eigenvalue weighted by molar-refractivity contribution is 0.0921. The van der Waals surface area contributed by atoms with Crippen molar-refractivity contribution in [3.8, 4) is 17.2 Å². The van der Waals surface area contributed by atoms with Gasteiger partial charge in [0.1, 0.15) is 22.8 Å². The second-order valence-electron chi connectivity index (χ2n) is 7.95. The lowest BCUT2D eigenvalue weighted by Gasteiger charge is -2.19. The van der Waals surface area contributed by atoms with Crippen LogP contribution in [0.15, 0.2) is 11.6 Å². The van der Waals surface area contributed by atoms with Crippen LogP contribution in [0.3, 0.4) is 0 Å². The van der Waals surface area contributed by atoms with Crippen molar-refractivity contribution in [2.75, 3.05) is 0 Å². The van der Waals surface area contributed by atoms with Crippen LogP contribution in [0.25, 0.3) is 0 Å². The summed E-state index contributed by atoms with van der Waals surface area (Å²) in [6, 6.07) is 0. The second-order valence-corrected chi connectivity index (χ2v) is 7.95. The Bertz CT molecular complexity index is 742. The first-order valence-electron chi connectivity index (χ1n) is 9.15. The molecule has 0 aliphatic carbocycles. The van der Waals surface area contributed by atoms with Crippen molar-refractivity contribution in [2.45, 2.75) is 72.5 Å². The van der Waals surface area contributed by atoms with E-state index in [1.54, 1.807) is 6.92 Å². The molecule has 0 aromatic heterocycles. The summed E-state index contributed by atoms with van der Waals surface area (Å²) in [6.45, 7) is 11.3. The summed E-state index contributed by atoms with van der Waals surface area (Å²) in [5.74, 6) is -1.49. The van der Waals surface area contributed by atoms with Crippen LogP contribution in [-0.4, -0.2) is 32.8 Å². The summed E-state index contributed by atoms with van der Waals surface area (Å²) in [4.78, 5) is 12.8. The van der Waals surface area contributed by atoms with Crippen molar-refractivity contribution in [1.82, 2.24) is 0 Å². The Morgan fingerprint density at radius 2 is 1.69 bits per heavy atom. The Kier molecular flexibility index (Phi) is 5.71. The van der Waals surface area contributed by atoms with Gasteiger partial charge < -0.3 is 20.1 Å². The third-order valence-corrected chi connectivity index (χ3v) is 5.19. The first kappa shape index (κ1) is 20.3. The predicted molar refractivity (Wildman–Crippen MR) is 101 cm³/mol. The van der Waals surface area contributed by atoms with Gasteiger partial charge in [0.25, 0.3) is 0 Å². The molecule has 2 atom stereocenters. The number of carbonyl (C=O) groups is 1. The summed E-state index contributed by atoms with van der Waals surface area (Å²) in [7, 11) is 0. The Balaban J connectivity index is 2.60. The molecule has 1 aromatic rings. The van der Waals surface area contributed by atoms with E-state index in [0.29, 0.717) is 6.42 Å². The van der Waals surface area contributed by atoms with E-state index in [0.717, 1.165) is 5.57 Å². The number of epoxide rings is 1. The minimum absolute atomic E-state index is 0.0947. The lowest BCUT2D eigenvalue weighted by Crippen LogP contribution is -2.14. The number of ketones is 1. The first-order chi connectivity index (χ1) is 12.0. The summed E-state index contributed by atoms with van der Waals surface area (Å²) >= 11 is 0. The molecule has 0 spiro atoms. The Hall–Kier alpha value is -2.01. The molecule has 0 bridgehead atoms. The number of hydrogen-bond donors (Lipinski definition) is 3. The number of phenols is 3. The minimum Gasteiger partial charge on any atom is -0.507 e. The maximum atomic E-state index is 12.8. The van der Waals surface area contributed by atoms with Gasteiger partial charge in [-0.15, -0.1) is 0 Å². The molecule has 1 saturated heterocycles. The van der Waals surface area contributed by atoms with Crippen LogP contribution >= 0.6 is 0 Å². The molecule has 0 saturated carbocycles. The standard InChI is InChI=1S/C21H30O5/c1-7-12(4)17(22)16-19(24)13(9-8-11(2)3)18(23)14(20(16)25)10-15-21(5,6)26-15/h8,12,15,23-25H,7,9-10H2,1-6H3/t12-,15-/m1/s1. The zero-order valence-corrected chi connectivity index (χ0v) is 16.5. The second kappa shape index (κ2) is 7.31. The SMILES string of the molecule is CC[C@@H](C)C(=O)c1c(O)c(CC=C(C)C)c(O)c(C[C@H]2OC2(C)C)c1O. The fraction of sp³-hybridized carbons (Fsp3) is 0.571. The van der Waals surface area contributed by atoms with Crippen molar-refractivity contribution in [3.05, 3.63) is 28.3 Å². The number of aromatic hydroxyl groups is 3. The number of rotatable bonds is 7. The molecule has 144 valence electrons. The average molecular weight is 362 g/mol. The van der Waals surface area contributed by atoms with E-state index in [-0.39, 0.29) is 70.2 Å². The van der Waals surface area contributed by atoms with Crippen LogP contribution < -0.4 is 0 Å². The molecule has 1 aromatic carbocycles. The van der Waals surface area contributed by atoms with E-state index in [1.807, 2.05) is 40.7 Å². The molecule has 5 nitrogen and oxygen atoms in total. The number of ether oxygens (including phenoxy) is 1. The normalized spacial score (nSPS) is 19.1. The third-order valence-electron chi connectivity index (χ3n) is 5.19. The smallest absolute Gasteiger partial charge is 0.173 e. The molecule has 1 fully saturated rings. The Labute approximate surface area is 155 Å². The van der Waals surface area contributed by atoms with Gasteiger partial charge in [-0.1, -0.05) is 25.5 Å². The highest BCUT2D eigenvalue weighted by atomic mass is 16.6. The Morgan fingerprint density at radius 3 is 2.15 bits per heavy atom. The Morgan fingerprint density at radius 1 is 1.15 bits per heavy atom. The highest BCUT2D eigenvalue weighted by molar-refractivity contribution is 6.03. The monoisotopic (exact) mass is 362 g/mol. The molecule has 0 radical (unpaired) electrons. The molecule has 0 amide bonds. The summed E-state index contributed by atoms with van der Waals surface area (Å²) in [5.41, 5.74) is 1.14. The quantitative estimate of drug-likeness (QED) is 0.383. The summed E-state index contributed by atoms with van der Waals surface area (Å²) < 4.78 is 5.57. The highest BCUT2D eigenvalue weighted by Gasteiger charge is 2.48. The maximum absolute atomic E-state index is 12.8. The van der Waals surface area contributed by atoms with Gasteiger partial charge in [-0.25, -0.2) is 0 Å². The molecule has 3 N–H and O–H groups in total. The van der Waals surface area contributed by atoms with Gasteiger partial charge in [0.15, 0.2) is 5.78 Å².